The third-order valence-electron chi connectivity index (χ3n) is 2.13. The smallest absolute Gasteiger partial charge is 0.255 e. The van der Waals surface area contributed by atoms with E-state index < -0.39 is 5.82 Å². The Balaban J connectivity index is 2.58. The molecule has 0 unspecified atom stereocenters. The zero-order valence-corrected chi connectivity index (χ0v) is 8.13. The molecule has 0 radical (unpaired) electrons. The number of benzene rings is 1. The summed E-state index contributed by atoms with van der Waals surface area (Å²) >= 11 is 0. The van der Waals surface area contributed by atoms with Crippen LogP contribution in [0.1, 0.15) is 0 Å². The molecule has 0 atom stereocenters. The van der Waals surface area contributed by atoms with Crippen LogP contribution in [0.15, 0.2) is 52.6 Å². The minimum Gasteiger partial charge on any atom is -0.284 e. The topological polar surface area (TPSA) is 51.4 Å². The van der Waals surface area contributed by atoms with Gasteiger partial charge in [-0.15, -0.1) is 4.91 Å². The Morgan fingerprint density at radius 2 is 2.00 bits per heavy atom. The molecule has 80 valence electrons. The summed E-state index contributed by atoms with van der Waals surface area (Å²) in [6.45, 7) is 0. The van der Waals surface area contributed by atoms with Gasteiger partial charge in [-0.2, -0.15) is 0 Å². The molecule has 1 heterocycles. The molecule has 0 bridgehead atoms. The molecule has 0 N–H and O–H groups in total. The first kappa shape index (κ1) is 10.2. The predicted molar refractivity (Wildman–Crippen MR) is 57.5 cm³/mol. The van der Waals surface area contributed by atoms with Crippen LogP contribution in [-0.2, 0) is 0 Å². The average Bonchev–Trinajstić information content (AvgIpc) is 2.29. The summed E-state index contributed by atoms with van der Waals surface area (Å²) in [5.74, 6) is -0.747. The van der Waals surface area contributed by atoms with Crippen molar-refractivity contribution in [2.75, 3.05) is 0 Å². The van der Waals surface area contributed by atoms with Gasteiger partial charge in [-0.1, -0.05) is 6.07 Å². The van der Waals surface area contributed by atoms with E-state index in [1.165, 1.54) is 29.0 Å². The number of halogens is 1. The van der Waals surface area contributed by atoms with Crippen LogP contribution in [0.5, 0.6) is 0 Å². The van der Waals surface area contributed by atoms with Gasteiger partial charge in [-0.05, 0) is 23.4 Å². The number of pyridine rings is 1. The molecule has 0 aliphatic rings. The number of nitrogens with zero attached hydrogens (tertiary/aromatic N) is 2. The maximum atomic E-state index is 13.3. The van der Waals surface area contributed by atoms with Crippen LogP contribution >= 0.6 is 0 Å². The van der Waals surface area contributed by atoms with Crippen LogP contribution in [0.2, 0.25) is 0 Å². The highest BCUT2D eigenvalue weighted by Gasteiger charge is 2.05. The Hall–Kier alpha value is -2.30. The number of hydrogen-bond donors (Lipinski definition) is 0. The molecule has 4 nitrogen and oxygen atoms in total. The van der Waals surface area contributed by atoms with E-state index in [0.29, 0.717) is 5.69 Å². The van der Waals surface area contributed by atoms with Crippen molar-refractivity contribution in [2.24, 2.45) is 5.18 Å². The van der Waals surface area contributed by atoms with Crippen LogP contribution in [0, 0.1) is 10.7 Å². The summed E-state index contributed by atoms with van der Waals surface area (Å²) in [5.41, 5.74) is -0.183. The second-order valence-corrected chi connectivity index (χ2v) is 3.14. The largest absolute Gasteiger partial charge is 0.284 e. The molecule has 0 aliphatic carbocycles. The van der Waals surface area contributed by atoms with Gasteiger partial charge in [0.1, 0.15) is 5.69 Å². The maximum absolute atomic E-state index is 13.3. The Morgan fingerprint density at radius 3 is 2.62 bits per heavy atom. The first-order chi connectivity index (χ1) is 7.72. The van der Waals surface area contributed by atoms with Gasteiger partial charge in [0, 0.05) is 18.3 Å². The van der Waals surface area contributed by atoms with Gasteiger partial charge in [0.15, 0.2) is 5.82 Å². The molecule has 2 rings (SSSR count). The Kier molecular flexibility index (Phi) is 2.59. The minimum absolute atomic E-state index is 0.270. The summed E-state index contributed by atoms with van der Waals surface area (Å²) in [6.07, 6.45) is 1.52. The molecule has 0 amide bonds. The molecule has 0 aliphatic heterocycles. The van der Waals surface area contributed by atoms with Crippen LogP contribution in [0.25, 0.3) is 5.69 Å². The highest BCUT2D eigenvalue weighted by molar-refractivity contribution is 5.46. The van der Waals surface area contributed by atoms with E-state index >= 15 is 0 Å². The summed E-state index contributed by atoms with van der Waals surface area (Å²) in [4.78, 5) is 21.6. The fourth-order valence-electron chi connectivity index (χ4n) is 1.36. The van der Waals surface area contributed by atoms with Crippen LogP contribution < -0.4 is 5.56 Å². The average molecular weight is 218 g/mol. The van der Waals surface area contributed by atoms with Crippen LogP contribution in [-0.4, -0.2) is 4.57 Å². The lowest BCUT2D eigenvalue weighted by molar-refractivity contribution is 0.628. The first-order valence-electron chi connectivity index (χ1n) is 4.53. The second kappa shape index (κ2) is 4.06. The summed E-state index contributed by atoms with van der Waals surface area (Å²) in [6, 6.07) is 8.40. The summed E-state index contributed by atoms with van der Waals surface area (Å²) in [5, 5.41) is 2.51. The van der Waals surface area contributed by atoms with Gasteiger partial charge in [-0.3, -0.25) is 9.36 Å². The molecule has 0 saturated heterocycles. The number of aromatic nitrogens is 1. The summed E-state index contributed by atoms with van der Waals surface area (Å²) < 4.78 is 14.5. The Bertz CT molecular complexity index is 593. The lowest BCUT2D eigenvalue weighted by Crippen LogP contribution is -2.15. The molecule has 1 aromatic carbocycles. The molecule has 0 saturated carbocycles. The van der Waals surface area contributed by atoms with Crippen molar-refractivity contribution in [1.82, 2.24) is 4.57 Å². The molecule has 5 heteroatoms. The third-order valence-corrected chi connectivity index (χ3v) is 2.13. The van der Waals surface area contributed by atoms with E-state index in [2.05, 4.69) is 5.18 Å². The fraction of sp³-hybridized carbons (Fsp3) is 0. The first-order valence-corrected chi connectivity index (χ1v) is 4.53. The highest BCUT2D eigenvalue weighted by atomic mass is 19.1. The third kappa shape index (κ3) is 1.75. The van der Waals surface area contributed by atoms with Crippen molar-refractivity contribution < 1.29 is 4.39 Å². The van der Waals surface area contributed by atoms with E-state index in [1.54, 1.807) is 12.1 Å². The highest BCUT2D eigenvalue weighted by Crippen LogP contribution is 2.19. The van der Waals surface area contributed by atoms with Crippen molar-refractivity contribution in [3.63, 3.8) is 0 Å². The molecule has 0 fully saturated rings. The van der Waals surface area contributed by atoms with Gasteiger partial charge < -0.3 is 0 Å². The van der Waals surface area contributed by atoms with Crippen molar-refractivity contribution in [1.29, 1.82) is 0 Å². The van der Waals surface area contributed by atoms with Crippen LogP contribution in [0.3, 0.4) is 0 Å². The fourth-order valence-corrected chi connectivity index (χ4v) is 1.36. The molecule has 2 aromatic rings. The van der Waals surface area contributed by atoms with Gasteiger partial charge in [0.25, 0.3) is 5.56 Å². The zero-order chi connectivity index (χ0) is 11.5. The van der Waals surface area contributed by atoms with Crippen molar-refractivity contribution in [3.8, 4) is 5.69 Å². The van der Waals surface area contributed by atoms with Crippen molar-refractivity contribution >= 4 is 5.69 Å². The van der Waals surface area contributed by atoms with Crippen molar-refractivity contribution in [2.45, 2.75) is 0 Å². The van der Waals surface area contributed by atoms with Gasteiger partial charge in [0.05, 0.1) is 5.69 Å². The summed E-state index contributed by atoms with van der Waals surface area (Å²) in [7, 11) is 0. The molecular formula is C11H7FN2O2. The van der Waals surface area contributed by atoms with E-state index in [1.807, 2.05) is 0 Å². The zero-order valence-electron chi connectivity index (χ0n) is 8.13. The monoisotopic (exact) mass is 218 g/mol. The maximum Gasteiger partial charge on any atom is 0.255 e. The van der Waals surface area contributed by atoms with E-state index in [-0.39, 0.29) is 11.2 Å². The lowest BCUT2D eigenvalue weighted by atomic mass is 10.2. The SMILES string of the molecule is O=Nc1ccc(-n2ccccc2=O)cc1F. The number of hydrogen-bond acceptors (Lipinski definition) is 3. The Morgan fingerprint density at radius 1 is 1.19 bits per heavy atom. The molecule has 16 heavy (non-hydrogen) atoms. The normalized spacial score (nSPS) is 10.1. The minimum atomic E-state index is -0.747. The van der Waals surface area contributed by atoms with E-state index in [4.69, 9.17) is 0 Å². The van der Waals surface area contributed by atoms with E-state index in [0.717, 1.165) is 6.07 Å². The number of rotatable bonds is 2. The van der Waals surface area contributed by atoms with Crippen LogP contribution in [0.4, 0.5) is 10.1 Å². The molecular weight excluding hydrogens is 211 g/mol. The van der Waals surface area contributed by atoms with Gasteiger partial charge >= 0.3 is 0 Å². The lowest BCUT2D eigenvalue weighted by Gasteiger charge is -2.04. The van der Waals surface area contributed by atoms with Crippen molar-refractivity contribution in [3.05, 3.63) is 63.7 Å². The second-order valence-electron chi connectivity index (χ2n) is 3.14. The van der Waals surface area contributed by atoms with Gasteiger partial charge in [0.2, 0.25) is 0 Å². The standard InChI is InChI=1S/C11H7FN2O2/c12-9-7-8(4-5-10(9)13-16)14-6-2-1-3-11(14)15/h1-7H. The number of nitroso groups, excluding NO2 is 1. The van der Waals surface area contributed by atoms with Gasteiger partial charge in [-0.25, -0.2) is 4.39 Å². The van der Waals surface area contributed by atoms with E-state index in [9.17, 15) is 14.1 Å². The quantitative estimate of drug-likeness (QED) is 0.726. The molecule has 0 spiro atoms. The molecule has 1 aromatic heterocycles. The Labute approximate surface area is 89.9 Å². The predicted octanol–water partition coefficient (Wildman–Crippen LogP) is 2.37.